The van der Waals surface area contributed by atoms with Crippen LogP contribution in [0.5, 0.6) is 0 Å². The molecule has 0 radical (unpaired) electrons. The lowest BCUT2D eigenvalue weighted by molar-refractivity contribution is 0.281. The molecule has 0 aromatic heterocycles. The lowest BCUT2D eigenvalue weighted by Gasteiger charge is -2.25. The maximum absolute atomic E-state index is 10.3. The van der Waals surface area contributed by atoms with E-state index >= 15 is 0 Å². The molecule has 1 rings (SSSR count). The van der Waals surface area contributed by atoms with E-state index in [0.717, 1.165) is 6.42 Å². The maximum Gasteiger partial charge on any atom is 0.0596 e. The van der Waals surface area contributed by atoms with Gasteiger partial charge in [0.05, 0.1) is 6.17 Å². The molecule has 0 amide bonds. The lowest BCUT2D eigenvalue weighted by atomic mass is 10.4. The van der Waals surface area contributed by atoms with E-state index in [1.54, 1.807) is 0 Å². The number of nitrogens with zero attached hydrogens (tertiary/aromatic N) is 1. The van der Waals surface area contributed by atoms with Crippen molar-refractivity contribution in [3.05, 3.63) is 5.21 Å². The van der Waals surface area contributed by atoms with Gasteiger partial charge in [-0.1, -0.05) is 0 Å². The van der Waals surface area contributed by atoms with Crippen molar-refractivity contribution in [1.82, 2.24) is 10.6 Å². The predicted octanol–water partition coefficient (Wildman–Crippen LogP) is -1.02. The van der Waals surface area contributed by atoms with Crippen LogP contribution in [-0.4, -0.2) is 17.9 Å². The number of hydroxylamine groups is 1. The summed E-state index contributed by atoms with van der Waals surface area (Å²) >= 11 is 0. The Hall–Kier alpha value is -0.160. The Bertz CT molecular complexity index is 59.2. The molecule has 42 valence electrons. The van der Waals surface area contributed by atoms with Gasteiger partial charge in [-0.15, -0.1) is 0 Å². The molecule has 1 aliphatic heterocycles. The van der Waals surface area contributed by atoms with Gasteiger partial charge < -0.3 is 16.1 Å². The molecular formula is C3H8N3O-. The van der Waals surface area contributed by atoms with Crippen molar-refractivity contribution in [2.24, 2.45) is 5.73 Å². The Morgan fingerprint density at radius 2 is 2.57 bits per heavy atom. The number of nitrogens with one attached hydrogen (secondary N) is 1. The first-order valence-corrected chi connectivity index (χ1v) is 2.26. The number of hydrogen-bond donors (Lipinski definition) is 2. The molecule has 0 saturated carbocycles. The van der Waals surface area contributed by atoms with Gasteiger partial charge >= 0.3 is 0 Å². The number of rotatable bonds is 0. The van der Waals surface area contributed by atoms with Gasteiger partial charge in [-0.3, -0.25) is 5.43 Å². The minimum atomic E-state index is -0.319. The van der Waals surface area contributed by atoms with Crippen LogP contribution >= 0.6 is 0 Å². The highest BCUT2D eigenvalue weighted by atomic mass is 16.5. The number of nitrogens with two attached hydrogens (primary N) is 1. The van der Waals surface area contributed by atoms with Crippen molar-refractivity contribution in [2.45, 2.75) is 12.6 Å². The summed E-state index contributed by atoms with van der Waals surface area (Å²) in [4.78, 5) is 0. The molecule has 1 atom stereocenters. The summed E-state index contributed by atoms with van der Waals surface area (Å²) in [6, 6.07) is 0. The molecule has 4 nitrogen and oxygen atoms in total. The Morgan fingerprint density at radius 3 is 2.71 bits per heavy atom. The number of hydrazine groups is 1. The second kappa shape index (κ2) is 1.75. The third kappa shape index (κ3) is 0.889. The van der Waals surface area contributed by atoms with E-state index in [2.05, 4.69) is 5.43 Å². The van der Waals surface area contributed by atoms with E-state index in [4.69, 9.17) is 5.73 Å². The Labute approximate surface area is 41.8 Å². The maximum atomic E-state index is 10.3. The number of hydrogen-bond acceptors (Lipinski definition) is 4. The van der Waals surface area contributed by atoms with Gasteiger partial charge in [0, 0.05) is 6.54 Å². The van der Waals surface area contributed by atoms with Crippen molar-refractivity contribution in [3.8, 4) is 0 Å². The van der Waals surface area contributed by atoms with E-state index in [1.165, 1.54) is 0 Å². The van der Waals surface area contributed by atoms with Gasteiger partial charge in [0.15, 0.2) is 0 Å². The van der Waals surface area contributed by atoms with Crippen LogP contribution in [-0.2, 0) is 0 Å². The first-order chi connectivity index (χ1) is 3.30. The van der Waals surface area contributed by atoms with Gasteiger partial charge in [-0.25, -0.2) is 0 Å². The highest BCUT2D eigenvalue weighted by Crippen LogP contribution is 1.97. The molecule has 1 unspecified atom stereocenters. The highest BCUT2D eigenvalue weighted by Gasteiger charge is 2.09. The molecule has 0 spiro atoms. The molecule has 0 aromatic rings. The van der Waals surface area contributed by atoms with Gasteiger partial charge in [0.1, 0.15) is 0 Å². The summed E-state index contributed by atoms with van der Waals surface area (Å²) in [6.07, 6.45) is 0.434. The molecule has 1 saturated heterocycles. The zero-order chi connectivity index (χ0) is 5.28. The summed E-state index contributed by atoms with van der Waals surface area (Å²) in [5.74, 6) is 0. The Morgan fingerprint density at radius 1 is 1.86 bits per heavy atom. The van der Waals surface area contributed by atoms with E-state index in [0.29, 0.717) is 11.7 Å². The third-order valence-electron chi connectivity index (χ3n) is 1.01. The Balaban J connectivity index is 2.33. The zero-order valence-corrected chi connectivity index (χ0v) is 3.92. The average molecular weight is 102 g/mol. The second-order valence-electron chi connectivity index (χ2n) is 1.59. The standard InChI is InChI=1S/C3H8N3O/c4-3-1-2-5-6(3)7/h3,5H,1-2,4H2/q-1. The molecule has 1 fully saturated rings. The highest BCUT2D eigenvalue weighted by molar-refractivity contribution is 4.69. The molecular weight excluding hydrogens is 94.1 g/mol. The van der Waals surface area contributed by atoms with Crippen LogP contribution in [0.3, 0.4) is 0 Å². The minimum Gasteiger partial charge on any atom is -0.770 e. The lowest BCUT2D eigenvalue weighted by Crippen LogP contribution is -2.36. The fraction of sp³-hybridized carbons (Fsp3) is 1.00. The van der Waals surface area contributed by atoms with Crippen molar-refractivity contribution >= 4 is 0 Å². The van der Waals surface area contributed by atoms with Crippen LogP contribution < -0.4 is 11.2 Å². The SMILES string of the molecule is NC1CCNN1[O-]. The topological polar surface area (TPSA) is 64.3 Å². The van der Waals surface area contributed by atoms with Gasteiger partial charge in [-0.2, -0.15) is 0 Å². The van der Waals surface area contributed by atoms with E-state index in [1.807, 2.05) is 0 Å². The third-order valence-corrected chi connectivity index (χ3v) is 1.01. The van der Waals surface area contributed by atoms with Gasteiger partial charge in [-0.05, 0) is 6.42 Å². The van der Waals surface area contributed by atoms with Crippen LogP contribution in [0, 0.1) is 5.21 Å². The van der Waals surface area contributed by atoms with Crippen LogP contribution in [0.15, 0.2) is 0 Å². The molecule has 0 aromatic carbocycles. The summed E-state index contributed by atoms with van der Waals surface area (Å²) in [6.45, 7) is 0.713. The van der Waals surface area contributed by atoms with Crippen LogP contribution in [0.1, 0.15) is 6.42 Å². The second-order valence-corrected chi connectivity index (χ2v) is 1.59. The summed E-state index contributed by atoms with van der Waals surface area (Å²) in [7, 11) is 0. The van der Waals surface area contributed by atoms with E-state index in [-0.39, 0.29) is 6.17 Å². The zero-order valence-electron chi connectivity index (χ0n) is 3.92. The van der Waals surface area contributed by atoms with Crippen LogP contribution in [0.25, 0.3) is 0 Å². The summed E-state index contributed by atoms with van der Waals surface area (Å²) in [5, 5.41) is 10.9. The normalized spacial score (nSPS) is 34.3. The summed E-state index contributed by atoms with van der Waals surface area (Å²) in [5.41, 5.74) is 7.75. The van der Waals surface area contributed by atoms with Crippen molar-refractivity contribution in [3.63, 3.8) is 0 Å². The molecule has 3 N–H and O–H groups in total. The van der Waals surface area contributed by atoms with Crippen molar-refractivity contribution in [2.75, 3.05) is 6.54 Å². The van der Waals surface area contributed by atoms with Crippen LogP contribution in [0.4, 0.5) is 0 Å². The van der Waals surface area contributed by atoms with Gasteiger partial charge in [0.2, 0.25) is 0 Å². The fourth-order valence-corrected chi connectivity index (χ4v) is 0.557. The summed E-state index contributed by atoms with van der Waals surface area (Å²) < 4.78 is 0. The van der Waals surface area contributed by atoms with Crippen LogP contribution in [0.2, 0.25) is 0 Å². The quantitative estimate of drug-likeness (QED) is 0.411. The predicted molar refractivity (Wildman–Crippen MR) is 25.8 cm³/mol. The van der Waals surface area contributed by atoms with Crippen molar-refractivity contribution in [1.29, 1.82) is 0 Å². The largest absolute Gasteiger partial charge is 0.770 e. The fourth-order valence-electron chi connectivity index (χ4n) is 0.557. The first-order valence-electron chi connectivity index (χ1n) is 2.26. The monoisotopic (exact) mass is 102 g/mol. The average Bonchev–Trinajstić information content (AvgIpc) is 1.91. The molecule has 4 heteroatoms. The Kier molecular flexibility index (Phi) is 1.25. The van der Waals surface area contributed by atoms with E-state index in [9.17, 15) is 5.21 Å². The smallest absolute Gasteiger partial charge is 0.0596 e. The molecule has 0 aliphatic carbocycles. The van der Waals surface area contributed by atoms with E-state index < -0.39 is 0 Å². The first kappa shape index (κ1) is 4.99. The molecule has 1 heterocycles. The molecule has 0 bridgehead atoms. The molecule has 7 heavy (non-hydrogen) atoms. The minimum absolute atomic E-state index is 0.319. The molecule has 1 aliphatic rings. The van der Waals surface area contributed by atoms with Crippen molar-refractivity contribution < 1.29 is 0 Å². The van der Waals surface area contributed by atoms with Gasteiger partial charge in [0.25, 0.3) is 0 Å².